The number of benzene rings is 1. The topological polar surface area (TPSA) is 77.2 Å². The molecule has 1 amide bonds. The summed E-state index contributed by atoms with van der Waals surface area (Å²) < 4.78 is 5.31. The van der Waals surface area contributed by atoms with Gasteiger partial charge < -0.3 is 19.5 Å². The number of aryl methyl sites for hydroxylation is 1. The number of aliphatic hydroxyl groups is 1. The number of nitrogens with zero attached hydrogens (tertiary/aromatic N) is 2. The van der Waals surface area contributed by atoms with Crippen LogP contribution in [0.1, 0.15) is 42.6 Å². The second-order valence-electron chi connectivity index (χ2n) is 9.55. The maximum atomic E-state index is 13.0. The van der Waals surface area contributed by atoms with Crippen molar-refractivity contribution >= 4 is 12.0 Å². The fourth-order valence-electron chi connectivity index (χ4n) is 5.73. The summed E-state index contributed by atoms with van der Waals surface area (Å²) in [4.78, 5) is 17.0. The van der Waals surface area contributed by atoms with Crippen molar-refractivity contribution in [2.75, 3.05) is 26.7 Å². The highest BCUT2D eigenvalue weighted by molar-refractivity contribution is 5.92. The number of likely N-dealkylation sites (N-methyl/N-ethyl adjacent to an activating group) is 1. The third kappa shape index (κ3) is 4.37. The summed E-state index contributed by atoms with van der Waals surface area (Å²) in [6.45, 7) is 7.84. The maximum Gasteiger partial charge on any atom is 0.246 e. The van der Waals surface area contributed by atoms with Crippen molar-refractivity contribution in [2.24, 2.45) is 0 Å². The van der Waals surface area contributed by atoms with Crippen molar-refractivity contribution in [3.63, 3.8) is 0 Å². The third-order valence-electron chi connectivity index (χ3n) is 7.69. The number of aromatic hydroxyl groups is 1. The number of hydrogen-bond donors (Lipinski definition) is 2. The summed E-state index contributed by atoms with van der Waals surface area (Å²) in [5.41, 5.74) is 0.358. The van der Waals surface area contributed by atoms with E-state index in [4.69, 9.17) is 4.42 Å². The van der Waals surface area contributed by atoms with Gasteiger partial charge in [0, 0.05) is 43.2 Å². The van der Waals surface area contributed by atoms with Crippen molar-refractivity contribution in [3.05, 3.63) is 72.2 Å². The first-order chi connectivity index (χ1) is 15.8. The molecule has 176 valence electrons. The first-order valence-electron chi connectivity index (χ1n) is 11.6. The SMILES string of the molecule is C=CCN1CC[C@@]2(c3cccc(O)c3)C[C@@H](N(C)C(=O)/C=C/c3ccoc3C)CC[C@]2(O)C1. The van der Waals surface area contributed by atoms with E-state index in [0.29, 0.717) is 19.4 Å². The second-order valence-corrected chi connectivity index (χ2v) is 9.55. The zero-order chi connectivity index (χ0) is 23.6. The number of rotatable bonds is 6. The third-order valence-corrected chi connectivity index (χ3v) is 7.69. The Morgan fingerprint density at radius 2 is 2.18 bits per heavy atom. The molecule has 1 aliphatic carbocycles. The zero-order valence-corrected chi connectivity index (χ0v) is 19.5. The van der Waals surface area contributed by atoms with Gasteiger partial charge in [0.1, 0.15) is 11.5 Å². The van der Waals surface area contributed by atoms with E-state index in [0.717, 1.165) is 42.8 Å². The highest BCUT2D eigenvalue weighted by Gasteiger charge is 2.58. The maximum absolute atomic E-state index is 13.0. The van der Waals surface area contributed by atoms with Crippen LogP contribution in [0, 0.1) is 6.92 Å². The molecule has 2 aliphatic rings. The number of carbonyl (C=O) groups excluding carboxylic acids is 1. The van der Waals surface area contributed by atoms with Crippen LogP contribution in [0.4, 0.5) is 0 Å². The van der Waals surface area contributed by atoms with Gasteiger partial charge in [0.15, 0.2) is 0 Å². The monoisotopic (exact) mass is 450 g/mol. The molecule has 1 aromatic carbocycles. The van der Waals surface area contributed by atoms with E-state index in [-0.39, 0.29) is 17.7 Å². The molecule has 1 aliphatic heterocycles. The van der Waals surface area contributed by atoms with Crippen LogP contribution in [-0.4, -0.2) is 64.2 Å². The lowest BCUT2D eigenvalue weighted by atomic mass is 9.55. The Morgan fingerprint density at radius 1 is 1.36 bits per heavy atom. The average Bonchev–Trinajstić information content (AvgIpc) is 3.21. The first kappa shape index (κ1) is 23.3. The Kier molecular flexibility index (Phi) is 6.50. The molecular weight excluding hydrogens is 416 g/mol. The summed E-state index contributed by atoms with van der Waals surface area (Å²) >= 11 is 0. The van der Waals surface area contributed by atoms with E-state index >= 15 is 0 Å². The molecule has 1 aromatic heterocycles. The number of amides is 1. The molecule has 0 bridgehead atoms. The number of likely N-dealkylation sites (tertiary alicyclic amines) is 1. The number of furan rings is 1. The second kappa shape index (κ2) is 9.20. The van der Waals surface area contributed by atoms with Crippen LogP contribution in [0.3, 0.4) is 0 Å². The molecule has 0 spiro atoms. The van der Waals surface area contributed by atoms with E-state index in [9.17, 15) is 15.0 Å². The first-order valence-corrected chi connectivity index (χ1v) is 11.6. The molecule has 6 nitrogen and oxygen atoms in total. The molecule has 4 rings (SSSR count). The van der Waals surface area contributed by atoms with Gasteiger partial charge in [-0.05, 0) is 69.0 Å². The molecule has 3 atom stereocenters. The van der Waals surface area contributed by atoms with Crippen LogP contribution >= 0.6 is 0 Å². The number of β-amino-alcohol motifs (C(OH)–C–C–N with tert-alkyl or cyclic N) is 1. The van der Waals surface area contributed by atoms with Gasteiger partial charge in [-0.1, -0.05) is 18.2 Å². The molecule has 2 aromatic rings. The fraction of sp³-hybridized carbons (Fsp3) is 0.444. The Morgan fingerprint density at radius 3 is 2.88 bits per heavy atom. The number of carbonyl (C=O) groups is 1. The minimum Gasteiger partial charge on any atom is -0.508 e. The normalized spacial score (nSPS) is 27.9. The van der Waals surface area contributed by atoms with Gasteiger partial charge in [-0.2, -0.15) is 0 Å². The Labute approximate surface area is 195 Å². The largest absolute Gasteiger partial charge is 0.508 e. The quantitative estimate of drug-likeness (QED) is 0.516. The summed E-state index contributed by atoms with van der Waals surface area (Å²) in [7, 11) is 1.84. The van der Waals surface area contributed by atoms with E-state index in [1.54, 1.807) is 35.4 Å². The van der Waals surface area contributed by atoms with Crippen LogP contribution in [0.25, 0.3) is 6.08 Å². The van der Waals surface area contributed by atoms with Crippen LogP contribution in [0.5, 0.6) is 5.75 Å². The Balaban J connectivity index is 1.61. The van der Waals surface area contributed by atoms with Crippen molar-refractivity contribution in [1.29, 1.82) is 0 Å². The molecule has 2 N–H and O–H groups in total. The fourth-order valence-corrected chi connectivity index (χ4v) is 5.73. The van der Waals surface area contributed by atoms with Crippen molar-refractivity contribution in [3.8, 4) is 5.75 Å². The van der Waals surface area contributed by atoms with E-state index in [1.807, 2.05) is 38.2 Å². The van der Waals surface area contributed by atoms with Crippen LogP contribution in [-0.2, 0) is 10.2 Å². The van der Waals surface area contributed by atoms with E-state index in [1.165, 1.54) is 0 Å². The van der Waals surface area contributed by atoms with Gasteiger partial charge in [-0.3, -0.25) is 9.69 Å². The predicted molar refractivity (Wildman–Crippen MR) is 129 cm³/mol. The standard InChI is InChI=1S/C27H34N2O4/c1-4-14-29-15-13-26(22-6-5-7-24(30)17-22)18-23(10-12-27(26,32)19-29)28(3)25(31)9-8-21-11-16-33-20(21)2/h4-9,11,16-17,23,30,32H,1,10,12-15,18-19H2,2-3H3/b9-8+/t23-,26-,27-/m0/s1. The van der Waals surface area contributed by atoms with Gasteiger partial charge in [0.05, 0.1) is 11.9 Å². The molecule has 1 saturated carbocycles. The van der Waals surface area contributed by atoms with Gasteiger partial charge in [0.25, 0.3) is 0 Å². The van der Waals surface area contributed by atoms with Crippen molar-refractivity contribution < 1.29 is 19.4 Å². The van der Waals surface area contributed by atoms with Gasteiger partial charge in [-0.15, -0.1) is 6.58 Å². The lowest BCUT2D eigenvalue weighted by Crippen LogP contribution is -2.67. The van der Waals surface area contributed by atoms with Crippen LogP contribution < -0.4 is 0 Å². The van der Waals surface area contributed by atoms with Crippen molar-refractivity contribution in [2.45, 2.75) is 49.7 Å². The Hall–Kier alpha value is -2.83. The summed E-state index contributed by atoms with van der Waals surface area (Å²) in [6, 6.07) is 9.10. The summed E-state index contributed by atoms with van der Waals surface area (Å²) in [6.07, 6.45) is 9.57. The smallest absolute Gasteiger partial charge is 0.246 e. The van der Waals surface area contributed by atoms with Crippen molar-refractivity contribution in [1.82, 2.24) is 9.80 Å². The molecule has 0 radical (unpaired) electrons. The Bertz CT molecular complexity index is 1040. The van der Waals surface area contributed by atoms with E-state index < -0.39 is 11.0 Å². The minimum absolute atomic E-state index is 0.0128. The number of phenolic OH excluding ortho intramolecular Hbond substituents is 1. The number of fused-ring (bicyclic) bond motifs is 1. The highest BCUT2D eigenvalue weighted by atomic mass is 16.3. The summed E-state index contributed by atoms with van der Waals surface area (Å²) in [5.74, 6) is 0.905. The molecule has 2 heterocycles. The number of phenols is 1. The lowest BCUT2D eigenvalue weighted by molar-refractivity contribution is -0.143. The van der Waals surface area contributed by atoms with Gasteiger partial charge >= 0.3 is 0 Å². The highest BCUT2D eigenvalue weighted by Crippen LogP contribution is 2.52. The molecule has 0 unspecified atom stereocenters. The molecule has 33 heavy (non-hydrogen) atoms. The molecule has 6 heteroatoms. The van der Waals surface area contributed by atoms with Crippen LogP contribution in [0.2, 0.25) is 0 Å². The molecular formula is C27H34N2O4. The molecule has 2 fully saturated rings. The lowest BCUT2D eigenvalue weighted by Gasteiger charge is -2.58. The minimum atomic E-state index is -0.938. The van der Waals surface area contributed by atoms with Gasteiger partial charge in [0.2, 0.25) is 5.91 Å². The van der Waals surface area contributed by atoms with Gasteiger partial charge in [-0.25, -0.2) is 0 Å². The van der Waals surface area contributed by atoms with Crippen LogP contribution in [0.15, 0.2) is 59.7 Å². The summed E-state index contributed by atoms with van der Waals surface area (Å²) in [5, 5.41) is 22.2. The average molecular weight is 451 g/mol. The predicted octanol–water partition coefficient (Wildman–Crippen LogP) is 3.88. The zero-order valence-electron chi connectivity index (χ0n) is 19.5. The van der Waals surface area contributed by atoms with E-state index in [2.05, 4.69) is 11.5 Å². The molecule has 1 saturated heterocycles. The number of piperidine rings is 1. The number of hydrogen-bond acceptors (Lipinski definition) is 5.